The number of halogens is 3. The predicted octanol–water partition coefficient (Wildman–Crippen LogP) is 4.68. The van der Waals surface area contributed by atoms with E-state index in [1.165, 1.54) is 17.8 Å². The summed E-state index contributed by atoms with van der Waals surface area (Å²) in [6.45, 7) is 2.92. The van der Waals surface area contributed by atoms with E-state index in [2.05, 4.69) is 4.90 Å². The Labute approximate surface area is 172 Å². The highest BCUT2D eigenvalue weighted by atomic mass is 32.2. The van der Waals surface area contributed by atoms with E-state index in [-0.39, 0.29) is 6.61 Å². The van der Waals surface area contributed by atoms with E-state index >= 15 is 0 Å². The fourth-order valence-corrected chi connectivity index (χ4v) is 4.62. The summed E-state index contributed by atoms with van der Waals surface area (Å²) in [5, 5.41) is 9.04. The normalized spacial score (nSPS) is 17.4. The number of alkyl halides is 3. The van der Waals surface area contributed by atoms with Gasteiger partial charge in [0.15, 0.2) is 0 Å². The van der Waals surface area contributed by atoms with Crippen LogP contribution in [0.5, 0.6) is 0 Å². The molecule has 0 saturated heterocycles. The van der Waals surface area contributed by atoms with Gasteiger partial charge in [0.25, 0.3) is 0 Å². The maximum atomic E-state index is 13.3. The standard InChI is InChI=1S/C22H21F3N2OS/c23-22(24,25)16-5-6-21-19(15-16)17(18-3-1-2-4-20(18)29-21)7-8-26-9-11-27(12-10-26)13-14-28/h1-7,9,11,15,28H,8,10,12-14H2/b17-7-. The van der Waals surface area contributed by atoms with Gasteiger partial charge in [-0.1, -0.05) is 36.0 Å². The van der Waals surface area contributed by atoms with Crippen LogP contribution in [0.15, 0.2) is 70.7 Å². The first-order valence-corrected chi connectivity index (χ1v) is 10.2. The van der Waals surface area contributed by atoms with Crippen LogP contribution in [0.25, 0.3) is 5.57 Å². The molecule has 0 aromatic heterocycles. The molecule has 0 bridgehead atoms. The Bertz CT molecular complexity index is 955. The summed E-state index contributed by atoms with van der Waals surface area (Å²) in [7, 11) is 0. The molecular weight excluding hydrogens is 397 g/mol. The molecule has 2 aromatic carbocycles. The number of rotatable bonds is 4. The molecule has 2 aliphatic rings. The molecule has 29 heavy (non-hydrogen) atoms. The Balaban J connectivity index is 1.67. The second kappa shape index (κ2) is 8.16. The summed E-state index contributed by atoms with van der Waals surface area (Å²) < 4.78 is 39.9. The maximum Gasteiger partial charge on any atom is 0.416 e. The van der Waals surface area contributed by atoms with Crippen LogP contribution in [0, 0.1) is 0 Å². The van der Waals surface area contributed by atoms with Crippen molar-refractivity contribution in [3.8, 4) is 0 Å². The van der Waals surface area contributed by atoms with Gasteiger partial charge >= 0.3 is 6.18 Å². The molecule has 0 aliphatic carbocycles. The van der Waals surface area contributed by atoms with E-state index in [0.29, 0.717) is 18.7 Å². The Morgan fingerprint density at radius 1 is 0.966 bits per heavy atom. The molecule has 0 unspecified atom stereocenters. The quantitative estimate of drug-likeness (QED) is 0.666. The topological polar surface area (TPSA) is 26.7 Å². The lowest BCUT2D eigenvalue weighted by molar-refractivity contribution is -0.137. The molecular formula is C22H21F3N2OS. The highest BCUT2D eigenvalue weighted by Gasteiger charge is 2.32. The third-order valence-electron chi connectivity index (χ3n) is 5.07. The summed E-state index contributed by atoms with van der Waals surface area (Å²) in [4.78, 5) is 6.06. The number of hydrogen-bond acceptors (Lipinski definition) is 4. The van der Waals surface area contributed by atoms with Gasteiger partial charge in [0.2, 0.25) is 0 Å². The lowest BCUT2D eigenvalue weighted by Crippen LogP contribution is -2.36. The molecule has 1 N–H and O–H groups in total. The lowest BCUT2D eigenvalue weighted by atomic mass is 9.95. The van der Waals surface area contributed by atoms with Gasteiger partial charge < -0.3 is 14.9 Å². The van der Waals surface area contributed by atoms with Crippen molar-refractivity contribution in [2.75, 3.05) is 32.8 Å². The van der Waals surface area contributed by atoms with Crippen molar-refractivity contribution in [1.29, 1.82) is 0 Å². The molecule has 7 heteroatoms. The summed E-state index contributed by atoms with van der Waals surface area (Å²) >= 11 is 1.51. The van der Waals surface area contributed by atoms with Crippen molar-refractivity contribution >= 4 is 17.3 Å². The highest BCUT2D eigenvalue weighted by molar-refractivity contribution is 7.99. The minimum Gasteiger partial charge on any atom is -0.395 e. The van der Waals surface area contributed by atoms with Crippen molar-refractivity contribution in [1.82, 2.24) is 9.80 Å². The molecule has 2 aromatic rings. The van der Waals surface area contributed by atoms with Crippen LogP contribution in [0.1, 0.15) is 16.7 Å². The minimum atomic E-state index is -4.37. The Morgan fingerprint density at radius 2 is 1.69 bits per heavy atom. The summed E-state index contributed by atoms with van der Waals surface area (Å²) in [6, 6.07) is 11.8. The van der Waals surface area contributed by atoms with Gasteiger partial charge in [0.05, 0.1) is 12.2 Å². The summed E-state index contributed by atoms with van der Waals surface area (Å²) in [6.07, 6.45) is 1.56. The van der Waals surface area contributed by atoms with E-state index in [1.54, 1.807) is 6.07 Å². The number of nitrogens with zero attached hydrogens (tertiary/aromatic N) is 2. The second-order valence-electron chi connectivity index (χ2n) is 6.98. The number of β-amino-alcohol motifs (C(OH)–C–C–N with tert-alkyl or cyclic N) is 1. The van der Waals surface area contributed by atoms with E-state index in [9.17, 15) is 13.2 Å². The van der Waals surface area contributed by atoms with Gasteiger partial charge in [-0.05, 0) is 41.0 Å². The van der Waals surface area contributed by atoms with Crippen LogP contribution in [0.3, 0.4) is 0 Å². The Hall–Kier alpha value is -2.38. The van der Waals surface area contributed by atoms with Crippen molar-refractivity contribution in [2.45, 2.75) is 16.0 Å². The molecule has 3 nitrogen and oxygen atoms in total. The molecule has 0 radical (unpaired) electrons. The van der Waals surface area contributed by atoms with E-state index in [0.717, 1.165) is 40.1 Å². The van der Waals surface area contributed by atoms with Gasteiger partial charge in [-0.15, -0.1) is 0 Å². The maximum absolute atomic E-state index is 13.3. The number of fused-ring (bicyclic) bond motifs is 2. The SMILES string of the molecule is OCCN1C=CN(C/C=C2/c3ccccc3Sc3ccc(C(F)(F)F)cc32)CC1. The van der Waals surface area contributed by atoms with Crippen LogP contribution < -0.4 is 0 Å². The average molecular weight is 418 g/mol. The lowest BCUT2D eigenvalue weighted by Gasteiger charge is -2.31. The molecule has 152 valence electrons. The minimum absolute atomic E-state index is 0.112. The van der Waals surface area contributed by atoms with E-state index in [1.807, 2.05) is 47.6 Å². The number of benzene rings is 2. The van der Waals surface area contributed by atoms with Gasteiger partial charge in [-0.2, -0.15) is 13.2 Å². The zero-order valence-corrected chi connectivity index (χ0v) is 16.5. The van der Waals surface area contributed by atoms with Crippen LogP contribution in [-0.2, 0) is 6.18 Å². The number of aliphatic hydroxyl groups excluding tert-OH is 1. The number of hydrogen-bond donors (Lipinski definition) is 1. The van der Waals surface area contributed by atoms with Crippen molar-refractivity contribution in [2.24, 2.45) is 0 Å². The zero-order valence-electron chi connectivity index (χ0n) is 15.7. The third-order valence-corrected chi connectivity index (χ3v) is 6.23. The summed E-state index contributed by atoms with van der Waals surface area (Å²) in [5.41, 5.74) is 1.81. The average Bonchev–Trinajstić information content (AvgIpc) is 2.71. The molecule has 4 rings (SSSR count). The van der Waals surface area contributed by atoms with Crippen molar-refractivity contribution in [3.05, 3.63) is 77.6 Å². The molecule has 2 aliphatic heterocycles. The Kier molecular flexibility index (Phi) is 5.61. The summed E-state index contributed by atoms with van der Waals surface area (Å²) in [5.74, 6) is 0. The van der Waals surface area contributed by atoms with Gasteiger partial charge in [-0.25, -0.2) is 0 Å². The third kappa shape index (κ3) is 4.31. The molecule has 0 atom stereocenters. The van der Waals surface area contributed by atoms with Crippen LogP contribution in [0.4, 0.5) is 13.2 Å². The largest absolute Gasteiger partial charge is 0.416 e. The fourth-order valence-electron chi connectivity index (χ4n) is 3.54. The van der Waals surface area contributed by atoms with E-state index < -0.39 is 11.7 Å². The first-order valence-electron chi connectivity index (χ1n) is 9.42. The molecule has 2 heterocycles. The molecule has 0 spiro atoms. The van der Waals surface area contributed by atoms with Gasteiger partial charge in [0.1, 0.15) is 0 Å². The van der Waals surface area contributed by atoms with Crippen molar-refractivity contribution in [3.63, 3.8) is 0 Å². The zero-order chi connectivity index (χ0) is 20.4. The predicted molar refractivity (Wildman–Crippen MR) is 108 cm³/mol. The van der Waals surface area contributed by atoms with Gasteiger partial charge in [-0.3, -0.25) is 0 Å². The van der Waals surface area contributed by atoms with Crippen LogP contribution in [0.2, 0.25) is 0 Å². The smallest absolute Gasteiger partial charge is 0.395 e. The molecule has 0 fully saturated rings. The molecule has 0 amide bonds. The first kappa shape index (κ1) is 19.9. The van der Waals surface area contributed by atoms with Crippen molar-refractivity contribution < 1.29 is 18.3 Å². The van der Waals surface area contributed by atoms with Crippen LogP contribution >= 0.6 is 11.8 Å². The second-order valence-corrected chi connectivity index (χ2v) is 8.06. The first-order chi connectivity index (χ1) is 14.0. The molecule has 0 saturated carbocycles. The monoisotopic (exact) mass is 418 g/mol. The Morgan fingerprint density at radius 3 is 2.41 bits per heavy atom. The van der Waals surface area contributed by atoms with Crippen LogP contribution in [-0.4, -0.2) is 47.7 Å². The highest BCUT2D eigenvalue weighted by Crippen LogP contribution is 2.46. The van der Waals surface area contributed by atoms with Gasteiger partial charge in [0, 0.05) is 48.4 Å². The van der Waals surface area contributed by atoms with E-state index in [4.69, 9.17) is 5.11 Å². The fraction of sp³-hybridized carbons (Fsp3) is 0.273. The number of aliphatic hydroxyl groups is 1.